The van der Waals surface area contributed by atoms with E-state index in [1.54, 1.807) is 0 Å². The van der Waals surface area contributed by atoms with Crippen molar-refractivity contribution in [2.24, 2.45) is 0 Å². The number of nitrogens with one attached hydrogen (secondary N) is 2. The van der Waals surface area contributed by atoms with Crippen molar-refractivity contribution in [3.05, 3.63) is 40.7 Å². The van der Waals surface area contributed by atoms with Crippen LogP contribution in [0.25, 0.3) is 33.7 Å². The Morgan fingerprint density at radius 2 is 2.00 bits per heavy atom. The van der Waals surface area contributed by atoms with Gasteiger partial charge in [-0.1, -0.05) is 18.2 Å². The predicted molar refractivity (Wildman–Crippen MR) is 74.1 cm³/mol. The minimum Gasteiger partial charge on any atom is -0.453 e. The number of furan rings is 1. The topological polar surface area (TPSA) is 114 Å². The van der Waals surface area contributed by atoms with Gasteiger partial charge in [0.05, 0.1) is 0 Å². The zero-order valence-corrected chi connectivity index (χ0v) is 10.2. The Kier molecular flexibility index (Phi) is 2.00. The fourth-order valence-corrected chi connectivity index (χ4v) is 2.14. The maximum Gasteiger partial charge on any atom is 0.278 e. The minimum absolute atomic E-state index is 0.0326. The number of aromatic amines is 2. The number of nitrogens with zero attached hydrogens (tertiary/aromatic N) is 2. The summed E-state index contributed by atoms with van der Waals surface area (Å²) in [6, 6.07) is 9.47. The maximum atomic E-state index is 11.7. The van der Waals surface area contributed by atoms with Gasteiger partial charge >= 0.3 is 0 Å². The molecule has 0 bridgehead atoms. The summed E-state index contributed by atoms with van der Waals surface area (Å²) in [7, 11) is 0. The minimum atomic E-state index is -0.359. The molecule has 98 valence electrons. The SMILES string of the molecule is Nc1nc2nc(-c3cc4ccccc4o3)[nH]c2c(=O)[nH]1. The van der Waals surface area contributed by atoms with E-state index in [2.05, 4.69) is 19.9 Å². The lowest BCUT2D eigenvalue weighted by atomic mass is 10.2. The van der Waals surface area contributed by atoms with E-state index >= 15 is 0 Å². The van der Waals surface area contributed by atoms with E-state index in [0.717, 1.165) is 11.0 Å². The van der Waals surface area contributed by atoms with Gasteiger partial charge in [0.1, 0.15) is 5.58 Å². The molecule has 0 saturated heterocycles. The smallest absolute Gasteiger partial charge is 0.278 e. The van der Waals surface area contributed by atoms with Crippen LogP contribution in [-0.2, 0) is 0 Å². The van der Waals surface area contributed by atoms with E-state index in [1.165, 1.54) is 0 Å². The molecule has 1 aromatic carbocycles. The Bertz CT molecular complexity index is 962. The second kappa shape index (κ2) is 3.70. The van der Waals surface area contributed by atoms with Crippen molar-refractivity contribution in [3.8, 4) is 11.6 Å². The molecule has 7 nitrogen and oxygen atoms in total. The number of hydrogen-bond acceptors (Lipinski definition) is 5. The van der Waals surface area contributed by atoms with E-state index in [9.17, 15) is 4.79 Å². The molecule has 0 saturated carbocycles. The molecule has 3 heterocycles. The summed E-state index contributed by atoms with van der Waals surface area (Å²) in [5.74, 6) is 1.02. The number of aromatic nitrogens is 4. The molecule has 4 rings (SSSR count). The summed E-state index contributed by atoms with van der Waals surface area (Å²) in [6.07, 6.45) is 0. The molecule has 4 N–H and O–H groups in total. The third-order valence-corrected chi connectivity index (χ3v) is 3.04. The second-order valence-electron chi connectivity index (χ2n) is 4.38. The van der Waals surface area contributed by atoms with Crippen LogP contribution in [0.5, 0.6) is 0 Å². The predicted octanol–water partition coefficient (Wildman–Crippen LogP) is 1.64. The lowest BCUT2D eigenvalue weighted by molar-refractivity contribution is 0.626. The number of hydrogen-bond donors (Lipinski definition) is 3. The Morgan fingerprint density at radius 1 is 1.15 bits per heavy atom. The molecule has 0 atom stereocenters. The summed E-state index contributed by atoms with van der Waals surface area (Å²) in [5, 5.41) is 0.962. The first kappa shape index (κ1) is 10.8. The molecule has 0 amide bonds. The van der Waals surface area contributed by atoms with Crippen molar-refractivity contribution < 1.29 is 4.42 Å². The van der Waals surface area contributed by atoms with Gasteiger partial charge in [-0.3, -0.25) is 9.78 Å². The molecule has 0 spiro atoms. The van der Waals surface area contributed by atoms with Gasteiger partial charge in [-0.25, -0.2) is 4.98 Å². The first-order valence-electron chi connectivity index (χ1n) is 5.95. The van der Waals surface area contributed by atoms with E-state index in [-0.39, 0.29) is 22.7 Å². The monoisotopic (exact) mass is 267 g/mol. The van der Waals surface area contributed by atoms with Crippen LogP contribution in [0.4, 0.5) is 5.95 Å². The maximum absolute atomic E-state index is 11.7. The normalized spacial score (nSPS) is 11.4. The van der Waals surface area contributed by atoms with Crippen molar-refractivity contribution in [1.82, 2.24) is 19.9 Å². The summed E-state index contributed by atoms with van der Waals surface area (Å²) >= 11 is 0. The Balaban J connectivity index is 1.97. The second-order valence-corrected chi connectivity index (χ2v) is 4.38. The molecule has 20 heavy (non-hydrogen) atoms. The van der Waals surface area contributed by atoms with Crippen LogP contribution in [-0.4, -0.2) is 19.9 Å². The van der Waals surface area contributed by atoms with Crippen molar-refractivity contribution in [2.45, 2.75) is 0 Å². The molecule has 0 aliphatic rings. The molecule has 0 aliphatic heterocycles. The fourth-order valence-electron chi connectivity index (χ4n) is 2.14. The molecule has 0 fully saturated rings. The number of H-pyrrole nitrogens is 2. The van der Waals surface area contributed by atoms with Crippen molar-refractivity contribution in [3.63, 3.8) is 0 Å². The van der Waals surface area contributed by atoms with E-state index in [0.29, 0.717) is 11.6 Å². The van der Waals surface area contributed by atoms with Crippen LogP contribution in [0, 0.1) is 0 Å². The van der Waals surface area contributed by atoms with Crippen molar-refractivity contribution in [1.29, 1.82) is 0 Å². The van der Waals surface area contributed by atoms with Crippen LogP contribution in [0.15, 0.2) is 39.5 Å². The number of anilines is 1. The number of rotatable bonds is 1. The van der Waals surface area contributed by atoms with Crippen molar-refractivity contribution >= 4 is 28.1 Å². The zero-order chi connectivity index (χ0) is 13.7. The quantitative estimate of drug-likeness (QED) is 0.485. The molecule has 0 radical (unpaired) electrons. The van der Waals surface area contributed by atoms with Crippen LogP contribution < -0.4 is 11.3 Å². The molecule has 3 aromatic heterocycles. The number of fused-ring (bicyclic) bond motifs is 2. The highest BCUT2D eigenvalue weighted by Gasteiger charge is 2.13. The average Bonchev–Trinajstić information content (AvgIpc) is 3.01. The van der Waals surface area contributed by atoms with Gasteiger partial charge in [0.25, 0.3) is 5.56 Å². The van der Waals surface area contributed by atoms with Crippen LogP contribution in [0.2, 0.25) is 0 Å². The number of nitrogen functional groups attached to an aromatic ring is 1. The summed E-state index contributed by atoms with van der Waals surface area (Å²) in [6.45, 7) is 0. The Hall–Kier alpha value is -3.09. The Labute approximate surface area is 111 Å². The lowest BCUT2D eigenvalue weighted by Gasteiger charge is -1.89. The highest BCUT2D eigenvalue weighted by atomic mass is 16.3. The van der Waals surface area contributed by atoms with Gasteiger partial charge < -0.3 is 15.1 Å². The molecule has 0 unspecified atom stereocenters. The lowest BCUT2D eigenvalue weighted by Crippen LogP contribution is -2.10. The average molecular weight is 267 g/mol. The van der Waals surface area contributed by atoms with Gasteiger partial charge in [0.2, 0.25) is 5.95 Å². The van der Waals surface area contributed by atoms with E-state index in [4.69, 9.17) is 10.2 Å². The molecule has 4 aromatic rings. The molecule has 0 aliphatic carbocycles. The first-order chi connectivity index (χ1) is 9.70. The third kappa shape index (κ3) is 1.50. The zero-order valence-electron chi connectivity index (χ0n) is 10.2. The third-order valence-electron chi connectivity index (χ3n) is 3.04. The van der Waals surface area contributed by atoms with Gasteiger partial charge in [-0.2, -0.15) is 4.98 Å². The molecule has 7 heteroatoms. The number of nitrogens with two attached hydrogens (primary N) is 1. The highest BCUT2D eigenvalue weighted by molar-refractivity contribution is 5.83. The molecular formula is C13H9N5O2. The Morgan fingerprint density at radius 3 is 2.85 bits per heavy atom. The van der Waals surface area contributed by atoms with Gasteiger partial charge in [-0.15, -0.1) is 0 Å². The fraction of sp³-hybridized carbons (Fsp3) is 0. The van der Waals surface area contributed by atoms with Gasteiger partial charge in [0, 0.05) is 5.39 Å². The summed E-state index contributed by atoms with van der Waals surface area (Å²) < 4.78 is 5.69. The summed E-state index contributed by atoms with van der Waals surface area (Å²) in [4.78, 5) is 25.3. The first-order valence-corrected chi connectivity index (χ1v) is 5.95. The van der Waals surface area contributed by atoms with E-state index < -0.39 is 0 Å². The van der Waals surface area contributed by atoms with Crippen LogP contribution in [0.3, 0.4) is 0 Å². The van der Waals surface area contributed by atoms with Crippen molar-refractivity contribution in [2.75, 3.05) is 5.73 Å². The van der Waals surface area contributed by atoms with Crippen LogP contribution in [0.1, 0.15) is 0 Å². The summed E-state index contributed by atoms with van der Waals surface area (Å²) in [5.41, 5.74) is 6.42. The molecular weight excluding hydrogens is 258 g/mol. The van der Waals surface area contributed by atoms with Gasteiger partial charge in [0.15, 0.2) is 22.7 Å². The number of para-hydroxylation sites is 1. The number of imidazole rings is 1. The standard InChI is InChI=1S/C13H9N5O2/c14-13-17-11-9(12(19)18-13)15-10(16-11)8-5-6-3-1-2-4-7(6)20-8/h1-5H,(H4,14,15,16,17,18,19). The van der Waals surface area contributed by atoms with E-state index in [1.807, 2.05) is 30.3 Å². The van der Waals surface area contributed by atoms with Crippen LogP contribution >= 0.6 is 0 Å². The number of benzene rings is 1. The van der Waals surface area contributed by atoms with Gasteiger partial charge in [-0.05, 0) is 12.1 Å². The largest absolute Gasteiger partial charge is 0.453 e. The highest BCUT2D eigenvalue weighted by Crippen LogP contribution is 2.26.